The van der Waals surface area contributed by atoms with E-state index in [2.05, 4.69) is 66.7 Å². The minimum absolute atomic E-state index is 0.392. The SMILES string of the molecule is CCCCN1CCN(c2cc3c(C(C)C)c(-c4ccc(OC)c(OC)c4)[nH]c3cc2C)CC1. The fraction of sp³-hybridized carbons (Fsp3) is 0.500. The summed E-state index contributed by atoms with van der Waals surface area (Å²) in [5.74, 6) is 1.89. The molecule has 4 rings (SSSR count). The lowest BCUT2D eigenvalue weighted by Crippen LogP contribution is -2.46. The predicted octanol–water partition coefficient (Wildman–Crippen LogP) is 6.21. The lowest BCUT2D eigenvalue weighted by Gasteiger charge is -2.37. The van der Waals surface area contributed by atoms with Gasteiger partial charge >= 0.3 is 0 Å². The number of aryl methyl sites for hydroxylation is 1. The van der Waals surface area contributed by atoms with E-state index in [4.69, 9.17) is 9.47 Å². The van der Waals surface area contributed by atoms with Crippen LogP contribution in [-0.2, 0) is 0 Å². The summed E-state index contributed by atoms with van der Waals surface area (Å²) in [5.41, 5.74) is 7.56. The van der Waals surface area contributed by atoms with Crippen molar-refractivity contribution in [1.29, 1.82) is 0 Å². The smallest absolute Gasteiger partial charge is 0.161 e. The molecule has 0 radical (unpaired) electrons. The van der Waals surface area contributed by atoms with Gasteiger partial charge in [-0.1, -0.05) is 27.2 Å². The molecule has 1 N–H and O–H groups in total. The van der Waals surface area contributed by atoms with Crippen molar-refractivity contribution in [2.45, 2.75) is 46.5 Å². The second-order valence-corrected chi connectivity index (χ2v) is 9.50. The summed E-state index contributed by atoms with van der Waals surface area (Å²) in [6.45, 7) is 14.8. The zero-order chi connectivity index (χ0) is 23.5. The Bertz CT molecular complexity index is 1090. The van der Waals surface area contributed by atoms with Crippen molar-refractivity contribution in [3.63, 3.8) is 0 Å². The second-order valence-electron chi connectivity index (χ2n) is 9.50. The van der Waals surface area contributed by atoms with Gasteiger partial charge in [0.15, 0.2) is 11.5 Å². The summed E-state index contributed by atoms with van der Waals surface area (Å²) in [6, 6.07) is 10.9. The Morgan fingerprint density at radius 2 is 1.70 bits per heavy atom. The molecule has 0 bridgehead atoms. The van der Waals surface area contributed by atoms with Gasteiger partial charge in [0.1, 0.15) is 0 Å². The van der Waals surface area contributed by atoms with Crippen LogP contribution < -0.4 is 14.4 Å². The van der Waals surface area contributed by atoms with Gasteiger partial charge in [-0.05, 0) is 67.3 Å². The van der Waals surface area contributed by atoms with Crippen molar-refractivity contribution in [1.82, 2.24) is 9.88 Å². The number of nitrogens with zero attached hydrogens (tertiary/aromatic N) is 2. The lowest BCUT2D eigenvalue weighted by atomic mass is 9.95. The average molecular weight is 450 g/mol. The van der Waals surface area contributed by atoms with Gasteiger partial charge in [0, 0.05) is 48.3 Å². The van der Waals surface area contributed by atoms with Crippen LogP contribution in [0.4, 0.5) is 5.69 Å². The van der Waals surface area contributed by atoms with Crippen LogP contribution in [0.5, 0.6) is 11.5 Å². The van der Waals surface area contributed by atoms with Crippen LogP contribution in [0, 0.1) is 6.92 Å². The van der Waals surface area contributed by atoms with E-state index in [1.807, 2.05) is 6.07 Å². The van der Waals surface area contributed by atoms with E-state index in [0.29, 0.717) is 5.92 Å². The van der Waals surface area contributed by atoms with E-state index in [9.17, 15) is 0 Å². The van der Waals surface area contributed by atoms with Crippen molar-refractivity contribution >= 4 is 16.6 Å². The molecule has 1 aliphatic heterocycles. The molecule has 178 valence electrons. The second kappa shape index (κ2) is 10.1. The highest BCUT2D eigenvalue weighted by atomic mass is 16.5. The Morgan fingerprint density at radius 1 is 0.970 bits per heavy atom. The number of rotatable bonds is 8. The first-order valence-corrected chi connectivity index (χ1v) is 12.3. The van der Waals surface area contributed by atoms with E-state index in [0.717, 1.165) is 43.2 Å². The van der Waals surface area contributed by atoms with Crippen LogP contribution in [0.3, 0.4) is 0 Å². The molecule has 1 aromatic heterocycles. The lowest BCUT2D eigenvalue weighted by molar-refractivity contribution is 0.254. The van der Waals surface area contributed by atoms with Gasteiger partial charge < -0.3 is 19.4 Å². The molecule has 0 amide bonds. The number of nitrogens with one attached hydrogen (secondary N) is 1. The van der Waals surface area contributed by atoms with Gasteiger partial charge in [-0.15, -0.1) is 0 Å². The largest absolute Gasteiger partial charge is 0.493 e. The van der Waals surface area contributed by atoms with Crippen molar-refractivity contribution in [3.8, 4) is 22.8 Å². The fourth-order valence-corrected chi connectivity index (χ4v) is 5.11. The Balaban J connectivity index is 1.72. The first-order valence-electron chi connectivity index (χ1n) is 12.3. The van der Waals surface area contributed by atoms with Crippen LogP contribution >= 0.6 is 0 Å². The number of hydrogen-bond acceptors (Lipinski definition) is 4. The maximum Gasteiger partial charge on any atom is 0.161 e. The first-order chi connectivity index (χ1) is 16.0. The standard InChI is InChI=1S/C28H39N3O2/c1-7-8-11-30-12-14-31(15-13-30)24-18-22-23(16-20(24)4)29-28(27(22)19(2)3)21-9-10-25(32-5)26(17-21)33-6/h9-10,16-19,29H,7-8,11-15H2,1-6H3. The summed E-state index contributed by atoms with van der Waals surface area (Å²) in [4.78, 5) is 8.91. The van der Waals surface area contributed by atoms with Crippen LogP contribution in [0.2, 0.25) is 0 Å². The highest BCUT2D eigenvalue weighted by Crippen LogP contribution is 2.40. The normalized spacial score (nSPS) is 14.9. The van der Waals surface area contributed by atoms with Crippen LogP contribution in [0.1, 0.15) is 50.7 Å². The Kier molecular flexibility index (Phi) is 7.18. The molecule has 1 aliphatic rings. The number of piperazine rings is 1. The molecule has 5 heteroatoms. The van der Waals surface area contributed by atoms with Crippen LogP contribution in [-0.4, -0.2) is 56.8 Å². The molecule has 0 saturated carbocycles. The van der Waals surface area contributed by atoms with Gasteiger partial charge in [-0.25, -0.2) is 0 Å². The van der Waals surface area contributed by atoms with Crippen molar-refractivity contribution in [3.05, 3.63) is 41.5 Å². The average Bonchev–Trinajstić information content (AvgIpc) is 3.20. The molecule has 5 nitrogen and oxygen atoms in total. The van der Waals surface area contributed by atoms with Crippen LogP contribution in [0.15, 0.2) is 30.3 Å². The maximum absolute atomic E-state index is 5.57. The van der Waals surface area contributed by atoms with E-state index < -0.39 is 0 Å². The van der Waals surface area contributed by atoms with Crippen molar-refractivity contribution < 1.29 is 9.47 Å². The van der Waals surface area contributed by atoms with Gasteiger partial charge in [0.25, 0.3) is 0 Å². The van der Waals surface area contributed by atoms with Gasteiger partial charge in [0.2, 0.25) is 0 Å². The molecule has 33 heavy (non-hydrogen) atoms. The quantitative estimate of drug-likeness (QED) is 0.444. The zero-order valence-electron chi connectivity index (χ0n) is 21.1. The zero-order valence-corrected chi connectivity index (χ0v) is 21.1. The van der Waals surface area contributed by atoms with Crippen LogP contribution in [0.25, 0.3) is 22.2 Å². The van der Waals surface area contributed by atoms with E-state index in [1.54, 1.807) is 14.2 Å². The number of unbranched alkanes of at least 4 members (excludes halogenated alkanes) is 1. The third-order valence-electron chi connectivity index (χ3n) is 6.95. The summed E-state index contributed by atoms with van der Waals surface area (Å²) < 4.78 is 11.0. The summed E-state index contributed by atoms with van der Waals surface area (Å²) >= 11 is 0. The van der Waals surface area contributed by atoms with E-state index in [1.165, 1.54) is 52.8 Å². The molecule has 2 aromatic carbocycles. The summed E-state index contributed by atoms with van der Waals surface area (Å²) in [6.07, 6.45) is 2.56. The number of H-pyrrole nitrogens is 1. The fourth-order valence-electron chi connectivity index (χ4n) is 5.11. The van der Waals surface area contributed by atoms with Crippen molar-refractivity contribution in [2.24, 2.45) is 0 Å². The first kappa shape index (κ1) is 23.5. The predicted molar refractivity (Wildman–Crippen MR) is 139 cm³/mol. The number of fused-ring (bicyclic) bond motifs is 1. The number of ether oxygens (including phenoxy) is 2. The molecule has 0 atom stereocenters. The van der Waals surface area contributed by atoms with E-state index >= 15 is 0 Å². The number of hydrogen-bond donors (Lipinski definition) is 1. The van der Waals surface area contributed by atoms with Gasteiger partial charge in [-0.3, -0.25) is 4.90 Å². The molecule has 2 heterocycles. The highest BCUT2D eigenvalue weighted by molar-refractivity contribution is 5.94. The van der Waals surface area contributed by atoms with Gasteiger partial charge in [-0.2, -0.15) is 0 Å². The van der Waals surface area contributed by atoms with E-state index in [-0.39, 0.29) is 0 Å². The third-order valence-corrected chi connectivity index (χ3v) is 6.95. The Morgan fingerprint density at radius 3 is 2.33 bits per heavy atom. The minimum atomic E-state index is 0.392. The Hall–Kier alpha value is -2.66. The third kappa shape index (κ3) is 4.70. The highest BCUT2D eigenvalue weighted by Gasteiger charge is 2.22. The molecule has 0 spiro atoms. The summed E-state index contributed by atoms with van der Waals surface area (Å²) in [7, 11) is 3.36. The number of anilines is 1. The summed E-state index contributed by atoms with van der Waals surface area (Å²) in [5, 5.41) is 1.32. The minimum Gasteiger partial charge on any atom is -0.493 e. The number of aromatic nitrogens is 1. The number of benzene rings is 2. The molecular formula is C28H39N3O2. The molecule has 1 fully saturated rings. The molecule has 0 unspecified atom stereocenters. The molecule has 0 aliphatic carbocycles. The maximum atomic E-state index is 5.57. The van der Waals surface area contributed by atoms with Crippen molar-refractivity contribution in [2.75, 3.05) is 51.8 Å². The number of methoxy groups -OCH3 is 2. The Labute approximate surface area is 198 Å². The molecular weight excluding hydrogens is 410 g/mol. The molecule has 3 aromatic rings. The monoisotopic (exact) mass is 449 g/mol. The molecule has 1 saturated heterocycles. The number of aromatic amines is 1. The topological polar surface area (TPSA) is 40.7 Å². The van der Waals surface area contributed by atoms with Gasteiger partial charge in [0.05, 0.1) is 19.9 Å².